The minimum atomic E-state index is 0.606. The van der Waals surface area contributed by atoms with Gasteiger partial charge in [-0.05, 0) is 25.5 Å². The predicted molar refractivity (Wildman–Crippen MR) is 63.1 cm³/mol. The van der Waals surface area contributed by atoms with E-state index in [4.69, 9.17) is 0 Å². The number of aromatic nitrogens is 2. The second-order valence-corrected chi connectivity index (χ2v) is 5.53. The topological polar surface area (TPSA) is 37.8 Å². The van der Waals surface area contributed by atoms with Crippen molar-refractivity contribution in [1.29, 1.82) is 0 Å². The van der Waals surface area contributed by atoms with Crippen LogP contribution in [0.25, 0.3) is 0 Å². The highest BCUT2D eigenvalue weighted by Crippen LogP contribution is 2.28. The minimum absolute atomic E-state index is 0.606. The molecule has 1 aliphatic rings. The smallest absolute Gasteiger partial charge is 0.202 e. The van der Waals surface area contributed by atoms with E-state index in [1.165, 1.54) is 37.2 Å². The Morgan fingerprint density at radius 1 is 1.57 bits per heavy atom. The van der Waals surface area contributed by atoms with Crippen molar-refractivity contribution in [3.63, 3.8) is 0 Å². The van der Waals surface area contributed by atoms with E-state index in [-0.39, 0.29) is 0 Å². The van der Waals surface area contributed by atoms with Crippen molar-refractivity contribution in [3.8, 4) is 0 Å². The van der Waals surface area contributed by atoms with Crippen molar-refractivity contribution in [1.82, 2.24) is 9.36 Å². The second-order valence-electron chi connectivity index (χ2n) is 3.61. The normalized spacial score (nSPS) is 27.5. The van der Waals surface area contributed by atoms with Crippen LogP contribution in [0.2, 0.25) is 0 Å². The van der Waals surface area contributed by atoms with Crippen LogP contribution in [0.3, 0.4) is 0 Å². The zero-order valence-corrected chi connectivity index (χ0v) is 9.90. The molecule has 0 bridgehead atoms. The highest BCUT2D eigenvalue weighted by atomic mass is 32.2. The van der Waals surface area contributed by atoms with E-state index in [2.05, 4.69) is 20.9 Å². The van der Waals surface area contributed by atoms with Gasteiger partial charge < -0.3 is 5.32 Å². The summed E-state index contributed by atoms with van der Waals surface area (Å²) < 4.78 is 3.99. The van der Waals surface area contributed by atoms with Crippen molar-refractivity contribution >= 4 is 28.4 Å². The van der Waals surface area contributed by atoms with Gasteiger partial charge in [0, 0.05) is 22.8 Å². The number of hydrogen-bond donors (Lipinski definition) is 1. The Hall–Kier alpha value is -0.290. The van der Waals surface area contributed by atoms with Gasteiger partial charge in [0.15, 0.2) is 0 Å². The van der Waals surface area contributed by atoms with Crippen LogP contribution in [0.4, 0.5) is 5.13 Å². The van der Waals surface area contributed by atoms with E-state index >= 15 is 0 Å². The van der Waals surface area contributed by atoms with Crippen LogP contribution >= 0.6 is 23.3 Å². The molecule has 1 heterocycles. The largest absolute Gasteiger partial charge is 0.358 e. The van der Waals surface area contributed by atoms with Crippen molar-refractivity contribution < 1.29 is 0 Å². The summed E-state index contributed by atoms with van der Waals surface area (Å²) in [5.74, 6) is 0. The van der Waals surface area contributed by atoms with Crippen LogP contribution in [-0.2, 0) is 0 Å². The summed E-state index contributed by atoms with van der Waals surface area (Å²) in [7, 11) is 0. The molecule has 1 aromatic heterocycles. The highest BCUT2D eigenvalue weighted by molar-refractivity contribution is 7.99. The molecule has 1 saturated carbocycles. The Kier molecular flexibility index (Phi) is 3.64. The average Bonchev–Trinajstić information content (AvgIpc) is 2.71. The third kappa shape index (κ3) is 2.60. The van der Waals surface area contributed by atoms with Gasteiger partial charge in [-0.1, -0.05) is 6.42 Å². The SMILES string of the molecule is CSC1CCCC(Nc2ncns2)C1. The first kappa shape index (κ1) is 10.2. The molecule has 1 aromatic rings. The van der Waals surface area contributed by atoms with Gasteiger partial charge in [-0.3, -0.25) is 0 Å². The zero-order chi connectivity index (χ0) is 9.80. The summed E-state index contributed by atoms with van der Waals surface area (Å²) in [5.41, 5.74) is 0. The van der Waals surface area contributed by atoms with Crippen molar-refractivity contribution in [3.05, 3.63) is 6.33 Å². The first-order valence-corrected chi connectivity index (χ1v) is 7.00. The molecule has 1 fully saturated rings. The molecule has 2 rings (SSSR count). The fraction of sp³-hybridized carbons (Fsp3) is 0.778. The van der Waals surface area contributed by atoms with Crippen LogP contribution in [0.5, 0.6) is 0 Å². The van der Waals surface area contributed by atoms with Crippen LogP contribution in [0.1, 0.15) is 25.7 Å². The Morgan fingerprint density at radius 3 is 3.21 bits per heavy atom. The molecule has 1 N–H and O–H groups in total. The number of thioether (sulfide) groups is 1. The van der Waals surface area contributed by atoms with Gasteiger partial charge in [-0.2, -0.15) is 16.1 Å². The first-order valence-electron chi connectivity index (χ1n) is 4.94. The van der Waals surface area contributed by atoms with Crippen molar-refractivity contribution in [2.45, 2.75) is 37.0 Å². The molecule has 5 heteroatoms. The monoisotopic (exact) mass is 229 g/mol. The van der Waals surface area contributed by atoms with E-state index in [0.29, 0.717) is 6.04 Å². The maximum atomic E-state index is 4.15. The summed E-state index contributed by atoms with van der Waals surface area (Å²) >= 11 is 3.44. The molecule has 0 radical (unpaired) electrons. The van der Waals surface area contributed by atoms with E-state index in [1.807, 2.05) is 11.8 Å². The summed E-state index contributed by atoms with van der Waals surface area (Å²) in [4.78, 5) is 4.15. The van der Waals surface area contributed by atoms with E-state index in [1.54, 1.807) is 6.33 Å². The lowest BCUT2D eigenvalue weighted by Gasteiger charge is -2.28. The van der Waals surface area contributed by atoms with E-state index in [0.717, 1.165) is 10.4 Å². The molecule has 3 nitrogen and oxygen atoms in total. The molecule has 0 aliphatic heterocycles. The number of nitrogens with one attached hydrogen (secondary N) is 1. The molecule has 0 amide bonds. The fourth-order valence-corrected chi connectivity index (χ4v) is 3.24. The summed E-state index contributed by atoms with van der Waals surface area (Å²) in [5, 5.41) is 5.25. The predicted octanol–water partition coefficient (Wildman–Crippen LogP) is 2.62. The summed E-state index contributed by atoms with van der Waals surface area (Å²) in [6.07, 6.45) is 9.06. The van der Waals surface area contributed by atoms with E-state index < -0.39 is 0 Å². The van der Waals surface area contributed by atoms with Crippen LogP contribution in [0, 0.1) is 0 Å². The third-order valence-electron chi connectivity index (χ3n) is 2.65. The van der Waals surface area contributed by atoms with Crippen LogP contribution < -0.4 is 5.32 Å². The molecule has 14 heavy (non-hydrogen) atoms. The zero-order valence-electron chi connectivity index (χ0n) is 8.27. The molecule has 0 spiro atoms. The molecular formula is C9H15N3S2. The summed E-state index contributed by atoms with van der Waals surface area (Å²) in [6.45, 7) is 0. The van der Waals surface area contributed by atoms with Gasteiger partial charge >= 0.3 is 0 Å². The van der Waals surface area contributed by atoms with Gasteiger partial charge in [-0.15, -0.1) is 0 Å². The Labute approximate surface area is 92.9 Å². The van der Waals surface area contributed by atoms with Gasteiger partial charge in [0.05, 0.1) is 0 Å². The Bertz CT molecular complexity index is 263. The first-order chi connectivity index (χ1) is 6.88. The molecule has 0 aromatic carbocycles. The second kappa shape index (κ2) is 4.98. The summed E-state index contributed by atoms with van der Waals surface area (Å²) in [6, 6.07) is 0.606. The van der Waals surface area contributed by atoms with Crippen molar-refractivity contribution in [2.24, 2.45) is 0 Å². The molecule has 0 saturated heterocycles. The molecule has 1 aliphatic carbocycles. The van der Waals surface area contributed by atoms with Crippen LogP contribution in [-0.4, -0.2) is 26.9 Å². The number of anilines is 1. The lowest BCUT2D eigenvalue weighted by molar-refractivity contribution is 0.473. The average molecular weight is 229 g/mol. The maximum absolute atomic E-state index is 4.15. The quantitative estimate of drug-likeness (QED) is 0.864. The highest BCUT2D eigenvalue weighted by Gasteiger charge is 2.21. The Morgan fingerprint density at radius 2 is 2.50 bits per heavy atom. The molecule has 78 valence electrons. The molecular weight excluding hydrogens is 214 g/mol. The fourth-order valence-electron chi connectivity index (χ4n) is 1.90. The molecule has 2 unspecified atom stereocenters. The van der Waals surface area contributed by atoms with Crippen molar-refractivity contribution in [2.75, 3.05) is 11.6 Å². The van der Waals surface area contributed by atoms with Gasteiger partial charge in [0.25, 0.3) is 0 Å². The van der Waals surface area contributed by atoms with Gasteiger partial charge in [0.1, 0.15) is 6.33 Å². The lowest BCUT2D eigenvalue weighted by atomic mass is 9.95. The number of nitrogens with zero attached hydrogens (tertiary/aromatic N) is 2. The van der Waals surface area contributed by atoms with Gasteiger partial charge in [-0.25, -0.2) is 4.98 Å². The third-order valence-corrected chi connectivity index (χ3v) is 4.34. The Balaban J connectivity index is 1.86. The molecule has 2 atom stereocenters. The lowest BCUT2D eigenvalue weighted by Crippen LogP contribution is -2.28. The number of hydrogen-bond acceptors (Lipinski definition) is 5. The standard InChI is InChI=1S/C9H15N3S2/c1-13-8-4-2-3-7(5-8)12-9-10-6-11-14-9/h6-8H,2-5H2,1H3,(H,10,11,12). The van der Waals surface area contributed by atoms with Crippen LogP contribution in [0.15, 0.2) is 6.33 Å². The number of rotatable bonds is 3. The minimum Gasteiger partial charge on any atom is -0.358 e. The van der Waals surface area contributed by atoms with E-state index in [9.17, 15) is 0 Å². The maximum Gasteiger partial charge on any atom is 0.202 e. The van der Waals surface area contributed by atoms with Gasteiger partial charge in [0.2, 0.25) is 5.13 Å².